The zero-order valence-corrected chi connectivity index (χ0v) is 14.8. The number of fused-ring (bicyclic) bond motifs is 1. The molecule has 2 unspecified atom stereocenters. The van der Waals surface area contributed by atoms with Gasteiger partial charge >= 0.3 is 0 Å². The van der Waals surface area contributed by atoms with Crippen molar-refractivity contribution in [3.63, 3.8) is 0 Å². The van der Waals surface area contributed by atoms with E-state index < -0.39 is 6.10 Å². The lowest BCUT2D eigenvalue weighted by atomic mass is 9.90. The van der Waals surface area contributed by atoms with Crippen molar-refractivity contribution in [3.8, 4) is 0 Å². The molecule has 0 saturated carbocycles. The predicted octanol–water partition coefficient (Wildman–Crippen LogP) is 1.25. The summed E-state index contributed by atoms with van der Waals surface area (Å²) in [5.41, 5.74) is 1.49. The number of rotatable bonds is 3. The number of nitrogens with zero attached hydrogens (tertiary/aromatic N) is 2. The van der Waals surface area contributed by atoms with Crippen molar-refractivity contribution in [3.05, 3.63) is 23.5 Å². The van der Waals surface area contributed by atoms with Crippen LogP contribution in [0.1, 0.15) is 36.8 Å². The van der Waals surface area contributed by atoms with Crippen molar-refractivity contribution in [1.82, 2.24) is 20.8 Å². The van der Waals surface area contributed by atoms with Crippen molar-refractivity contribution < 1.29 is 14.4 Å². The van der Waals surface area contributed by atoms with Gasteiger partial charge in [0, 0.05) is 37.2 Å². The second kappa shape index (κ2) is 7.04. The van der Waals surface area contributed by atoms with Crippen LogP contribution >= 0.6 is 12.4 Å². The Kier molecular flexibility index (Phi) is 5.47. The van der Waals surface area contributed by atoms with Gasteiger partial charge in [0.25, 0.3) is 11.6 Å². The van der Waals surface area contributed by atoms with Crippen molar-refractivity contribution in [2.45, 2.75) is 32.3 Å². The molecule has 1 fully saturated rings. The van der Waals surface area contributed by atoms with Crippen LogP contribution < -0.4 is 10.6 Å². The van der Waals surface area contributed by atoms with Gasteiger partial charge in [-0.25, -0.2) is 4.98 Å². The van der Waals surface area contributed by atoms with Crippen LogP contribution in [-0.2, 0) is 5.41 Å². The highest BCUT2D eigenvalue weighted by Crippen LogP contribution is 2.28. The maximum absolute atomic E-state index is 12.3. The van der Waals surface area contributed by atoms with E-state index in [0.29, 0.717) is 30.9 Å². The van der Waals surface area contributed by atoms with Crippen LogP contribution in [0.2, 0.25) is 0 Å². The molecule has 1 saturated heterocycles. The van der Waals surface area contributed by atoms with E-state index >= 15 is 0 Å². The normalized spacial score (nSPS) is 20.8. The molecule has 1 aliphatic heterocycles. The highest BCUT2D eigenvalue weighted by atomic mass is 35.5. The first kappa shape index (κ1) is 18.6. The number of amides is 1. The Bertz CT molecular complexity index is 726. The van der Waals surface area contributed by atoms with Crippen LogP contribution in [0.15, 0.2) is 16.8 Å². The molecular weight excluding hydrogens is 332 g/mol. The lowest BCUT2D eigenvalue weighted by Gasteiger charge is -2.15. The van der Waals surface area contributed by atoms with E-state index in [1.165, 1.54) is 6.20 Å². The number of aromatic nitrogens is 2. The molecule has 0 aliphatic carbocycles. The molecular formula is C16H23ClN4O3. The third kappa shape index (κ3) is 3.68. The topological polar surface area (TPSA) is 100 Å². The summed E-state index contributed by atoms with van der Waals surface area (Å²) in [5, 5.41) is 20.6. The standard InChI is InChI=1S/C16H22N4O3.ClH/c1-16(2,3)13-11-4-9(6-19-15(11)23-20-13)14(22)18-7-10-5-17-8-12(10)21;/h4,6,10,12,17,21H,5,7-8H2,1-3H3,(H,18,22);1H. The zero-order chi connectivity index (χ0) is 16.6. The van der Waals surface area contributed by atoms with Crippen molar-refractivity contribution in [2.24, 2.45) is 5.92 Å². The van der Waals surface area contributed by atoms with Gasteiger partial charge in [-0.15, -0.1) is 12.4 Å². The third-order valence-corrected chi connectivity index (χ3v) is 4.13. The maximum Gasteiger partial charge on any atom is 0.257 e. The molecule has 1 amide bonds. The van der Waals surface area contributed by atoms with E-state index in [0.717, 1.165) is 11.1 Å². The third-order valence-electron chi connectivity index (χ3n) is 4.13. The number of hydrogen-bond acceptors (Lipinski definition) is 6. The van der Waals surface area contributed by atoms with E-state index in [2.05, 4.69) is 20.8 Å². The van der Waals surface area contributed by atoms with Crippen molar-refractivity contribution >= 4 is 29.4 Å². The van der Waals surface area contributed by atoms with E-state index in [1.54, 1.807) is 6.07 Å². The number of hydrogen-bond donors (Lipinski definition) is 3. The molecule has 2 aromatic rings. The van der Waals surface area contributed by atoms with E-state index in [1.807, 2.05) is 20.8 Å². The quantitative estimate of drug-likeness (QED) is 0.767. The van der Waals surface area contributed by atoms with Gasteiger partial charge in [0.05, 0.1) is 22.7 Å². The Balaban J connectivity index is 0.00000208. The number of β-amino-alcohol motifs (C(OH)–C–C–N with tert-alkyl or cyclic N) is 1. The monoisotopic (exact) mass is 354 g/mol. The molecule has 7 nitrogen and oxygen atoms in total. The van der Waals surface area contributed by atoms with Gasteiger partial charge in [0.2, 0.25) is 0 Å². The Morgan fingerprint density at radius 2 is 2.21 bits per heavy atom. The number of carbonyl (C=O) groups excluding carboxylic acids is 1. The first-order valence-electron chi connectivity index (χ1n) is 7.79. The Hall–Kier alpha value is -1.70. The molecule has 3 rings (SSSR count). The lowest BCUT2D eigenvalue weighted by Crippen LogP contribution is -2.34. The summed E-state index contributed by atoms with van der Waals surface area (Å²) in [7, 11) is 0. The highest BCUT2D eigenvalue weighted by molar-refractivity contribution is 5.97. The smallest absolute Gasteiger partial charge is 0.257 e. The van der Waals surface area contributed by atoms with E-state index in [4.69, 9.17) is 4.52 Å². The minimum Gasteiger partial charge on any atom is -0.391 e. The summed E-state index contributed by atoms with van der Waals surface area (Å²) < 4.78 is 5.23. The van der Waals surface area contributed by atoms with Gasteiger partial charge in [-0.2, -0.15) is 0 Å². The van der Waals surface area contributed by atoms with E-state index in [-0.39, 0.29) is 29.6 Å². The molecule has 2 aromatic heterocycles. The maximum atomic E-state index is 12.3. The summed E-state index contributed by atoms with van der Waals surface area (Å²) >= 11 is 0. The minimum absolute atomic E-state index is 0. The Labute approximate surface area is 146 Å². The van der Waals surface area contributed by atoms with Crippen LogP contribution in [0.5, 0.6) is 0 Å². The molecule has 3 heterocycles. The number of aliphatic hydroxyl groups is 1. The fourth-order valence-electron chi connectivity index (χ4n) is 2.75. The predicted molar refractivity (Wildman–Crippen MR) is 92.5 cm³/mol. The zero-order valence-electron chi connectivity index (χ0n) is 14.0. The molecule has 2 atom stereocenters. The molecule has 8 heteroatoms. The van der Waals surface area contributed by atoms with E-state index in [9.17, 15) is 9.90 Å². The number of halogens is 1. The summed E-state index contributed by atoms with van der Waals surface area (Å²) in [5.74, 6) is -0.170. The van der Waals surface area contributed by atoms with Crippen LogP contribution in [-0.4, -0.2) is 46.9 Å². The molecule has 0 aromatic carbocycles. The fraction of sp³-hybridized carbons (Fsp3) is 0.562. The van der Waals surface area contributed by atoms with Gasteiger partial charge in [0.15, 0.2) is 0 Å². The van der Waals surface area contributed by atoms with Gasteiger partial charge in [-0.3, -0.25) is 4.79 Å². The number of aliphatic hydroxyl groups excluding tert-OH is 1. The second-order valence-corrected chi connectivity index (χ2v) is 7.05. The second-order valence-electron chi connectivity index (χ2n) is 7.05. The summed E-state index contributed by atoms with van der Waals surface area (Å²) in [6, 6.07) is 1.76. The number of nitrogens with one attached hydrogen (secondary N) is 2. The fourth-order valence-corrected chi connectivity index (χ4v) is 2.75. The van der Waals surface area contributed by atoms with Crippen LogP contribution in [0.3, 0.4) is 0 Å². The van der Waals surface area contributed by atoms with Crippen molar-refractivity contribution in [2.75, 3.05) is 19.6 Å². The first-order valence-corrected chi connectivity index (χ1v) is 7.79. The summed E-state index contributed by atoms with van der Waals surface area (Å²) in [6.45, 7) is 7.81. The van der Waals surface area contributed by atoms with Gasteiger partial charge in [0.1, 0.15) is 0 Å². The Morgan fingerprint density at radius 3 is 2.83 bits per heavy atom. The Morgan fingerprint density at radius 1 is 1.46 bits per heavy atom. The van der Waals surface area contributed by atoms with Crippen molar-refractivity contribution in [1.29, 1.82) is 0 Å². The van der Waals surface area contributed by atoms with Gasteiger partial charge in [-0.1, -0.05) is 25.9 Å². The number of pyridine rings is 1. The highest BCUT2D eigenvalue weighted by Gasteiger charge is 2.26. The molecule has 0 radical (unpaired) electrons. The molecule has 24 heavy (non-hydrogen) atoms. The lowest BCUT2D eigenvalue weighted by molar-refractivity contribution is 0.0927. The van der Waals surface area contributed by atoms with Gasteiger partial charge < -0.3 is 20.3 Å². The molecule has 3 N–H and O–H groups in total. The molecule has 132 valence electrons. The molecule has 0 bridgehead atoms. The van der Waals surface area contributed by atoms with Crippen LogP contribution in [0.4, 0.5) is 0 Å². The average molecular weight is 355 g/mol. The largest absolute Gasteiger partial charge is 0.391 e. The SMILES string of the molecule is CC(C)(C)c1noc2ncc(C(=O)NCC3CNCC3O)cc12.Cl. The van der Waals surface area contributed by atoms with Gasteiger partial charge in [-0.05, 0) is 6.07 Å². The average Bonchev–Trinajstić information content (AvgIpc) is 3.09. The molecule has 1 aliphatic rings. The van der Waals surface area contributed by atoms with Crippen LogP contribution in [0.25, 0.3) is 11.1 Å². The summed E-state index contributed by atoms with van der Waals surface area (Å²) in [6.07, 6.45) is 1.07. The first-order chi connectivity index (χ1) is 10.9. The minimum atomic E-state index is -0.415. The summed E-state index contributed by atoms with van der Waals surface area (Å²) in [4.78, 5) is 16.5. The number of carbonyl (C=O) groups is 1. The molecule has 0 spiro atoms. The van der Waals surface area contributed by atoms with Crippen LogP contribution in [0, 0.1) is 5.92 Å².